The molecule has 0 aliphatic rings. The van der Waals surface area contributed by atoms with E-state index >= 15 is 0 Å². The van der Waals surface area contributed by atoms with Crippen LogP contribution in [0.5, 0.6) is 0 Å². The number of nitrogens with one attached hydrogen (secondary N) is 1. The van der Waals surface area contributed by atoms with Gasteiger partial charge in [-0.3, -0.25) is 10.1 Å². The first-order valence-electron chi connectivity index (χ1n) is 6.79. The number of hydrogen-bond acceptors (Lipinski definition) is 6. The topological polar surface area (TPSA) is 81.0 Å². The second kappa shape index (κ2) is 6.73. The zero-order chi connectivity index (χ0) is 15.4. The van der Waals surface area contributed by atoms with E-state index in [4.69, 9.17) is 0 Å². The fourth-order valence-corrected chi connectivity index (χ4v) is 2.96. The second-order valence-electron chi connectivity index (χ2n) is 5.09. The lowest BCUT2D eigenvalue weighted by atomic mass is 10.1. The molecule has 0 fully saturated rings. The van der Waals surface area contributed by atoms with Gasteiger partial charge in [0.1, 0.15) is 5.01 Å². The van der Waals surface area contributed by atoms with Crippen LogP contribution in [0.2, 0.25) is 0 Å². The summed E-state index contributed by atoms with van der Waals surface area (Å²) in [5.74, 6) is 0. The Morgan fingerprint density at radius 1 is 1.38 bits per heavy atom. The first kappa shape index (κ1) is 15.5. The summed E-state index contributed by atoms with van der Waals surface area (Å²) in [6, 6.07) is 5.47. The Labute approximate surface area is 127 Å². The SMILES string of the molecule is Cc1cccc([N+](=O)[O-])c1-c1nnc(CCNC(C)C)s1. The summed E-state index contributed by atoms with van der Waals surface area (Å²) in [5.41, 5.74) is 1.49. The Morgan fingerprint density at radius 2 is 2.14 bits per heavy atom. The number of rotatable bonds is 6. The van der Waals surface area contributed by atoms with Crippen molar-refractivity contribution in [3.8, 4) is 10.6 Å². The molecule has 2 aromatic rings. The van der Waals surface area contributed by atoms with Gasteiger partial charge in [-0.1, -0.05) is 37.3 Å². The Balaban J connectivity index is 2.24. The normalized spacial score (nSPS) is 11.0. The van der Waals surface area contributed by atoms with Gasteiger partial charge < -0.3 is 5.32 Å². The quantitative estimate of drug-likeness (QED) is 0.655. The molecule has 0 saturated carbocycles. The van der Waals surface area contributed by atoms with Crippen molar-refractivity contribution in [2.75, 3.05) is 6.54 Å². The minimum absolute atomic E-state index is 0.0815. The molecule has 1 N–H and O–H groups in total. The van der Waals surface area contributed by atoms with Crippen molar-refractivity contribution in [3.05, 3.63) is 38.9 Å². The van der Waals surface area contributed by atoms with Crippen LogP contribution in [0.4, 0.5) is 5.69 Å². The average Bonchev–Trinajstić information content (AvgIpc) is 2.86. The van der Waals surface area contributed by atoms with Crippen molar-refractivity contribution in [1.82, 2.24) is 15.5 Å². The molecule has 2 rings (SSSR count). The highest BCUT2D eigenvalue weighted by Crippen LogP contribution is 2.34. The van der Waals surface area contributed by atoms with E-state index in [1.807, 2.05) is 13.0 Å². The number of nitro groups is 1. The van der Waals surface area contributed by atoms with Crippen LogP contribution < -0.4 is 5.32 Å². The lowest BCUT2D eigenvalue weighted by Crippen LogP contribution is -2.24. The van der Waals surface area contributed by atoms with Gasteiger partial charge >= 0.3 is 0 Å². The number of nitrogens with zero attached hydrogens (tertiary/aromatic N) is 3. The highest BCUT2D eigenvalue weighted by Gasteiger charge is 2.20. The van der Waals surface area contributed by atoms with Gasteiger partial charge in [-0.05, 0) is 12.5 Å². The van der Waals surface area contributed by atoms with Crippen molar-refractivity contribution >= 4 is 17.0 Å². The van der Waals surface area contributed by atoms with Gasteiger partial charge in [0.15, 0.2) is 5.01 Å². The Bertz CT molecular complexity index is 640. The molecule has 0 saturated heterocycles. The third kappa shape index (κ3) is 3.83. The van der Waals surface area contributed by atoms with Crippen molar-refractivity contribution < 1.29 is 4.92 Å². The lowest BCUT2D eigenvalue weighted by molar-refractivity contribution is -0.384. The highest BCUT2D eigenvalue weighted by atomic mass is 32.1. The summed E-state index contributed by atoms with van der Waals surface area (Å²) in [4.78, 5) is 10.8. The first-order valence-corrected chi connectivity index (χ1v) is 7.61. The number of nitro benzene ring substituents is 1. The molecule has 0 aliphatic carbocycles. The molecule has 0 unspecified atom stereocenters. The number of aromatic nitrogens is 2. The van der Waals surface area contributed by atoms with Crippen LogP contribution in [0.3, 0.4) is 0 Å². The zero-order valence-corrected chi connectivity index (χ0v) is 13.1. The summed E-state index contributed by atoms with van der Waals surface area (Å²) in [7, 11) is 0. The van der Waals surface area contributed by atoms with Crippen LogP contribution in [-0.4, -0.2) is 27.7 Å². The molecule has 0 atom stereocenters. The van der Waals surface area contributed by atoms with E-state index in [1.54, 1.807) is 6.07 Å². The molecule has 0 amide bonds. The van der Waals surface area contributed by atoms with E-state index < -0.39 is 0 Å². The van der Waals surface area contributed by atoms with Crippen LogP contribution >= 0.6 is 11.3 Å². The number of aryl methyl sites for hydroxylation is 1. The standard InChI is InChI=1S/C14H18N4O2S/c1-9(2)15-8-7-12-16-17-14(21-12)13-10(3)5-4-6-11(13)18(19)20/h4-6,9,15H,7-8H2,1-3H3. The van der Waals surface area contributed by atoms with Gasteiger partial charge in [0.2, 0.25) is 0 Å². The van der Waals surface area contributed by atoms with Crippen LogP contribution in [0, 0.1) is 17.0 Å². The van der Waals surface area contributed by atoms with Gasteiger partial charge in [-0.2, -0.15) is 0 Å². The Kier molecular flexibility index (Phi) is 4.98. The molecule has 0 spiro atoms. The maximum Gasteiger partial charge on any atom is 0.279 e. The smallest absolute Gasteiger partial charge is 0.279 e. The van der Waals surface area contributed by atoms with Gasteiger partial charge in [0.25, 0.3) is 5.69 Å². The van der Waals surface area contributed by atoms with Crippen molar-refractivity contribution in [3.63, 3.8) is 0 Å². The van der Waals surface area contributed by atoms with Gasteiger partial charge in [-0.15, -0.1) is 10.2 Å². The first-order chi connectivity index (χ1) is 9.99. The Hall–Kier alpha value is -1.86. The molecule has 6 nitrogen and oxygen atoms in total. The van der Waals surface area contributed by atoms with E-state index in [0.717, 1.165) is 23.5 Å². The lowest BCUT2D eigenvalue weighted by Gasteiger charge is -2.05. The molecular weight excluding hydrogens is 288 g/mol. The highest BCUT2D eigenvalue weighted by molar-refractivity contribution is 7.14. The van der Waals surface area contributed by atoms with Gasteiger partial charge in [0.05, 0.1) is 10.5 Å². The molecular formula is C14H18N4O2S. The summed E-state index contributed by atoms with van der Waals surface area (Å²) in [6.07, 6.45) is 0.773. The van der Waals surface area contributed by atoms with Crippen molar-refractivity contribution in [2.45, 2.75) is 33.2 Å². The molecule has 112 valence electrons. The van der Waals surface area contributed by atoms with Crippen molar-refractivity contribution in [1.29, 1.82) is 0 Å². The molecule has 0 radical (unpaired) electrons. The molecule has 1 aromatic carbocycles. The number of hydrogen-bond donors (Lipinski definition) is 1. The predicted molar refractivity (Wildman–Crippen MR) is 83.6 cm³/mol. The summed E-state index contributed by atoms with van der Waals surface area (Å²) >= 11 is 1.42. The van der Waals surface area contributed by atoms with Gasteiger partial charge in [-0.25, -0.2) is 0 Å². The maximum absolute atomic E-state index is 11.2. The molecule has 1 aromatic heterocycles. The monoisotopic (exact) mass is 306 g/mol. The molecule has 1 heterocycles. The second-order valence-corrected chi connectivity index (χ2v) is 6.15. The molecule has 7 heteroatoms. The Morgan fingerprint density at radius 3 is 2.81 bits per heavy atom. The predicted octanol–water partition coefficient (Wildman–Crippen LogP) is 2.96. The summed E-state index contributed by atoms with van der Waals surface area (Å²) in [6.45, 7) is 6.84. The van der Waals surface area contributed by atoms with Crippen LogP contribution in [-0.2, 0) is 6.42 Å². The third-order valence-electron chi connectivity index (χ3n) is 3.02. The van der Waals surface area contributed by atoms with Crippen LogP contribution in [0.15, 0.2) is 18.2 Å². The average molecular weight is 306 g/mol. The van der Waals surface area contributed by atoms with E-state index in [0.29, 0.717) is 16.6 Å². The maximum atomic E-state index is 11.2. The van der Waals surface area contributed by atoms with Crippen LogP contribution in [0.1, 0.15) is 24.4 Å². The number of benzene rings is 1. The van der Waals surface area contributed by atoms with E-state index in [9.17, 15) is 10.1 Å². The van der Waals surface area contributed by atoms with E-state index in [-0.39, 0.29) is 10.6 Å². The van der Waals surface area contributed by atoms with E-state index in [2.05, 4.69) is 29.4 Å². The molecule has 0 bridgehead atoms. The summed E-state index contributed by atoms with van der Waals surface area (Å²) in [5, 5.41) is 24.2. The van der Waals surface area contributed by atoms with Crippen molar-refractivity contribution in [2.24, 2.45) is 0 Å². The third-order valence-corrected chi connectivity index (χ3v) is 4.02. The fourth-order valence-electron chi connectivity index (χ4n) is 2.01. The fraction of sp³-hybridized carbons (Fsp3) is 0.429. The zero-order valence-electron chi connectivity index (χ0n) is 12.3. The molecule has 21 heavy (non-hydrogen) atoms. The van der Waals surface area contributed by atoms with E-state index in [1.165, 1.54) is 17.4 Å². The largest absolute Gasteiger partial charge is 0.314 e. The summed E-state index contributed by atoms with van der Waals surface area (Å²) < 4.78 is 0. The molecule has 0 aliphatic heterocycles. The minimum atomic E-state index is -0.371. The minimum Gasteiger partial charge on any atom is -0.314 e. The van der Waals surface area contributed by atoms with Gasteiger partial charge in [0, 0.05) is 25.1 Å². The van der Waals surface area contributed by atoms with Crippen LogP contribution in [0.25, 0.3) is 10.6 Å².